The van der Waals surface area contributed by atoms with Crippen LogP contribution in [0.2, 0.25) is 5.02 Å². The van der Waals surface area contributed by atoms with Crippen LogP contribution in [0.25, 0.3) is 0 Å². The number of benzene rings is 2. The Balaban J connectivity index is 1.74. The molecule has 4 nitrogen and oxygen atoms in total. The van der Waals surface area contributed by atoms with E-state index in [1.807, 2.05) is 45.0 Å². The molecule has 0 saturated carbocycles. The summed E-state index contributed by atoms with van der Waals surface area (Å²) in [6.45, 7) is 6.36. The number of nitrogens with zero attached hydrogens (tertiary/aromatic N) is 1. The first kappa shape index (κ1) is 17.5. The second-order valence-corrected chi connectivity index (χ2v) is 7.06. The number of halogens is 1. The van der Waals surface area contributed by atoms with Crippen molar-refractivity contribution in [3.8, 4) is 0 Å². The van der Waals surface area contributed by atoms with E-state index < -0.39 is 0 Å². The number of hydrogen-bond donors (Lipinski definition) is 1. The van der Waals surface area contributed by atoms with E-state index in [4.69, 9.17) is 11.6 Å². The minimum atomic E-state index is -0.368. The minimum Gasteiger partial charge on any atom is -0.325 e. The molecule has 25 heavy (non-hydrogen) atoms. The molecule has 1 N–H and O–H groups in total. The van der Waals surface area contributed by atoms with Crippen molar-refractivity contribution < 1.29 is 9.59 Å². The van der Waals surface area contributed by atoms with Crippen molar-refractivity contribution in [3.63, 3.8) is 0 Å². The molecule has 1 heterocycles. The minimum absolute atomic E-state index is 0.0220. The van der Waals surface area contributed by atoms with E-state index in [1.165, 1.54) is 5.56 Å². The summed E-state index contributed by atoms with van der Waals surface area (Å²) in [4.78, 5) is 26.7. The first-order valence-electron chi connectivity index (χ1n) is 8.30. The van der Waals surface area contributed by atoms with E-state index in [-0.39, 0.29) is 24.2 Å². The summed E-state index contributed by atoms with van der Waals surface area (Å²) in [6, 6.07) is 11.3. The number of amides is 2. The Morgan fingerprint density at radius 2 is 1.80 bits per heavy atom. The Morgan fingerprint density at radius 1 is 1.08 bits per heavy atom. The molecule has 1 saturated heterocycles. The SMILES string of the molecule is Cc1ccc(N2C[C@@H](C(=O)Nc3cc(Cl)ccc3C)CC2=O)cc1C. The van der Waals surface area contributed by atoms with Gasteiger partial charge >= 0.3 is 0 Å². The lowest BCUT2D eigenvalue weighted by atomic mass is 10.1. The molecule has 1 aliphatic heterocycles. The molecule has 2 amide bonds. The summed E-state index contributed by atoms with van der Waals surface area (Å²) in [5.41, 5.74) is 4.79. The first-order chi connectivity index (χ1) is 11.8. The largest absolute Gasteiger partial charge is 0.325 e. The Bertz CT molecular complexity index is 848. The van der Waals surface area contributed by atoms with Gasteiger partial charge in [0.25, 0.3) is 0 Å². The van der Waals surface area contributed by atoms with Gasteiger partial charge < -0.3 is 10.2 Å². The molecule has 5 heteroatoms. The van der Waals surface area contributed by atoms with E-state index in [0.717, 1.165) is 16.8 Å². The normalized spacial score (nSPS) is 17.0. The summed E-state index contributed by atoms with van der Waals surface area (Å²) in [5, 5.41) is 3.47. The average Bonchev–Trinajstić information content (AvgIpc) is 2.95. The van der Waals surface area contributed by atoms with Crippen molar-refractivity contribution in [1.82, 2.24) is 0 Å². The Labute approximate surface area is 152 Å². The maximum atomic E-state index is 12.6. The molecule has 2 aromatic carbocycles. The van der Waals surface area contributed by atoms with E-state index >= 15 is 0 Å². The van der Waals surface area contributed by atoms with Gasteiger partial charge in [0.2, 0.25) is 11.8 Å². The number of carbonyl (C=O) groups is 2. The molecule has 1 fully saturated rings. The number of carbonyl (C=O) groups excluding carboxylic acids is 2. The molecule has 3 rings (SSSR count). The maximum Gasteiger partial charge on any atom is 0.229 e. The Hall–Kier alpha value is -2.33. The molecule has 0 unspecified atom stereocenters. The Morgan fingerprint density at radius 3 is 2.52 bits per heavy atom. The molecule has 2 aromatic rings. The van der Waals surface area contributed by atoms with Crippen LogP contribution in [0.1, 0.15) is 23.1 Å². The van der Waals surface area contributed by atoms with Crippen molar-refractivity contribution in [3.05, 3.63) is 58.1 Å². The fourth-order valence-corrected chi connectivity index (χ4v) is 3.16. The van der Waals surface area contributed by atoms with Gasteiger partial charge in [0.1, 0.15) is 0 Å². The van der Waals surface area contributed by atoms with Gasteiger partial charge in [0.15, 0.2) is 0 Å². The molecule has 1 atom stereocenters. The highest BCUT2D eigenvalue weighted by molar-refractivity contribution is 6.31. The number of rotatable bonds is 3. The quantitative estimate of drug-likeness (QED) is 0.893. The topological polar surface area (TPSA) is 49.4 Å². The monoisotopic (exact) mass is 356 g/mol. The summed E-state index contributed by atoms with van der Waals surface area (Å²) >= 11 is 6.00. The lowest BCUT2D eigenvalue weighted by molar-refractivity contribution is -0.122. The smallest absolute Gasteiger partial charge is 0.229 e. The van der Waals surface area contributed by atoms with Gasteiger partial charge in [-0.2, -0.15) is 0 Å². The van der Waals surface area contributed by atoms with Crippen LogP contribution in [-0.4, -0.2) is 18.4 Å². The standard InChI is InChI=1S/C20H21ClN2O2/c1-12-5-7-17(8-14(12)3)23-11-15(9-19(23)24)20(25)22-18-10-16(21)6-4-13(18)2/h4-8,10,15H,9,11H2,1-3H3,(H,22,25)/t15-/m0/s1. The molecule has 0 bridgehead atoms. The van der Waals surface area contributed by atoms with E-state index in [9.17, 15) is 9.59 Å². The first-order valence-corrected chi connectivity index (χ1v) is 8.67. The second kappa shape index (κ2) is 6.89. The predicted octanol–water partition coefficient (Wildman–Crippen LogP) is 4.26. The zero-order chi connectivity index (χ0) is 18.1. The average molecular weight is 357 g/mol. The number of anilines is 2. The van der Waals surface area contributed by atoms with Crippen molar-refractivity contribution in [2.24, 2.45) is 5.92 Å². The van der Waals surface area contributed by atoms with Crippen molar-refractivity contribution in [1.29, 1.82) is 0 Å². The highest BCUT2D eigenvalue weighted by Gasteiger charge is 2.35. The maximum absolute atomic E-state index is 12.6. The summed E-state index contributed by atoms with van der Waals surface area (Å²) in [5.74, 6) is -0.538. The number of hydrogen-bond acceptors (Lipinski definition) is 2. The van der Waals surface area contributed by atoms with E-state index in [1.54, 1.807) is 17.0 Å². The molecule has 0 spiro atoms. The van der Waals surface area contributed by atoms with Gasteiger partial charge in [-0.15, -0.1) is 0 Å². The van der Waals surface area contributed by atoms with Crippen LogP contribution in [0, 0.1) is 26.7 Å². The van der Waals surface area contributed by atoms with Crippen LogP contribution in [0.3, 0.4) is 0 Å². The van der Waals surface area contributed by atoms with Gasteiger partial charge in [-0.25, -0.2) is 0 Å². The molecular weight excluding hydrogens is 336 g/mol. The lowest BCUT2D eigenvalue weighted by Gasteiger charge is -2.18. The van der Waals surface area contributed by atoms with Crippen LogP contribution < -0.4 is 10.2 Å². The zero-order valence-electron chi connectivity index (χ0n) is 14.6. The van der Waals surface area contributed by atoms with Gasteiger partial charge in [-0.1, -0.05) is 23.7 Å². The molecular formula is C20H21ClN2O2. The van der Waals surface area contributed by atoms with Gasteiger partial charge in [-0.05, 0) is 61.7 Å². The van der Waals surface area contributed by atoms with Gasteiger partial charge in [-0.3, -0.25) is 9.59 Å². The third-order valence-corrected chi connectivity index (χ3v) is 4.99. The highest BCUT2D eigenvalue weighted by Crippen LogP contribution is 2.28. The number of nitrogens with one attached hydrogen (secondary N) is 1. The predicted molar refractivity (Wildman–Crippen MR) is 101 cm³/mol. The van der Waals surface area contributed by atoms with Crippen molar-refractivity contribution in [2.75, 3.05) is 16.8 Å². The Kier molecular flexibility index (Phi) is 4.82. The molecule has 0 aromatic heterocycles. The highest BCUT2D eigenvalue weighted by atomic mass is 35.5. The third kappa shape index (κ3) is 3.69. The molecule has 0 aliphatic carbocycles. The summed E-state index contributed by atoms with van der Waals surface area (Å²) in [7, 11) is 0. The van der Waals surface area contributed by atoms with Crippen molar-refractivity contribution >= 4 is 34.8 Å². The van der Waals surface area contributed by atoms with Gasteiger partial charge in [0.05, 0.1) is 5.92 Å². The zero-order valence-corrected chi connectivity index (χ0v) is 15.4. The van der Waals surface area contributed by atoms with Crippen LogP contribution in [0.4, 0.5) is 11.4 Å². The number of aryl methyl sites for hydroxylation is 3. The van der Waals surface area contributed by atoms with Crippen LogP contribution in [-0.2, 0) is 9.59 Å². The van der Waals surface area contributed by atoms with Gasteiger partial charge in [0, 0.05) is 29.4 Å². The summed E-state index contributed by atoms with van der Waals surface area (Å²) in [6.07, 6.45) is 0.221. The fourth-order valence-electron chi connectivity index (χ4n) is 2.99. The second-order valence-electron chi connectivity index (χ2n) is 6.62. The molecule has 130 valence electrons. The van der Waals surface area contributed by atoms with E-state index in [0.29, 0.717) is 17.3 Å². The molecule has 1 aliphatic rings. The van der Waals surface area contributed by atoms with Crippen molar-refractivity contribution in [2.45, 2.75) is 27.2 Å². The van der Waals surface area contributed by atoms with Crippen LogP contribution >= 0.6 is 11.6 Å². The van der Waals surface area contributed by atoms with Crippen LogP contribution in [0.15, 0.2) is 36.4 Å². The molecule has 0 radical (unpaired) electrons. The fraction of sp³-hybridized carbons (Fsp3) is 0.300. The van der Waals surface area contributed by atoms with Crippen LogP contribution in [0.5, 0.6) is 0 Å². The van der Waals surface area contributed by atoms with E-state index in [2.05, 4.69) is 5.32 Å². The summed E-state index contributed by atoms with van der Waals surface area (Å²) < 4.78 is 0. The third-order valence-electron chi connectivity index (χ3n) is 4.76. The lowest BCUT2D eigenvalue weighted by Crippen LogP contribution is -2.28.